The number of aryl methyl sites for hydroxylation is 1. The summed E-state index contributed by atoms with van der Waals surface area (Å²) in [5.41, 5.74) is 9.24. The van der Waals surface area contributed by atoms with E-state index in [0.29, 0.717) is 5.92 Å². The molecule has 188 valence electrons. The van der Waals surface area contributed by atoms with Crippen LogP contribution in [0.5, 0.6) is 0 Å². The minimum absolute atomic E-state index is 0.0622. The third-order valence-corrected chi connectivity index (χ3v) is 7.36. The van der Waals surface area contributed by atoms with Gasteiger partial charge in [0.05, 0.1) is 28.9 Å². The van der Waals surface area contributed by atoms with Crippen molar-refractivity contribution in [3.05, 3.63) is 72.0 Å². The number of rotatable bonds is 7. The number of benzene rings is 1. The molecule has 0 bridgehead atoms. The average Bonchev–Trinajstić information content (AvgIpc) is 3.62. The molecule has 4 heterocycles. The van der Waals surface area contributed by atoms with E-state index in [-0.39, 0.29) is 5.92 Å². The highest BCUT2D eigenvalue weighted by molar-refractivity contribution is 5.92. The lowest BCUT2D eigenvalue weighted by Gasteiger charge is -2.20. The first-order valence-corrected chi connectivity index (χ1v) is 13.1. The second kappa shape index (κ2) is 11.0. The number of pyridine rings is 1. The van der Waals surface area contributed by atoms with Gasteiger partial charge in [-0.15, -0.1) is 6.42 Å². The summed E-state index contributed by atoms with van der Waals surface area (Å²) in [5, 5.41) is 12.5. The molecule has 1 unspecified atom stereocenters. The Balaban J connectivity index is 1.54. The van der Waals surface area contributed by atoms with Crippen LogP contribution in [0.15, 0.2) is 55.0 Å². The van der Waals surface area contributed by atoms with E-state index in [1.54, 1.807) is 6.33 Å². The molecule has 3 N–H and O–H groups in total. The summed E-state index contributed by atoms with van der Waals surface area (Å²) in [6.45, 7) is 8.41. The van der Waals surface area contributed by atoms with Gasteiger partial charge in [-0.25, -0.2) is 4.98 Å². The normalized spacial score (nSPS) is 15.9. The first kappa shape index (κ1) is 24.7. The summed E-state index contributed by atoms with van der Waals surface area (Å²) in [4.78, 5) is 12.8. The summed E-state index contributed by atoms with van der Waals surface area (Å²) in [6.07, 6.45) is 19.0. The van der Waals surface area contributed by atoms with E-state index in [1.807, 2.05) is 13.1 Å². The maximum Gasteiger partial charge on any atom is 0.0942 e. The third kappa shape index (κ3) is 5.00. The smallest absolute Gasteiger partial charge is 0.0942 e. The zero-order valence-electron chi connectivity index (χ0n) is 21.8. The highest BCUT2D eigenvalue weighted by Crippen LogP contribution is 2.35. The molecule has 0 radical (unpaired) electrons. The number of nitrogens with zero attached hydrogens (tertiary/aromatic N) is 3. The lowest BCUT2D eigenvalue weighted by molar-refractivity contribution is 0.453. The Morgan fingerprint density at radius 1 is 1.22 bits per heavy atom. The predicted octanol–water partition coefficient (Wildman–Crippen LogP) is 6.41. The molecular formula is C31H34N6. The highest BCUT2D eigenvalue weighted by Gasteiger charge is 2.20. The summed E-state index contributed by atoms with van der Waals surface area (Å²) in [5.74, 6) is 3.34. The van der Waals surface area contributed by atoms with Crippen molar-refractivity contribution in [1.82, 2.24) is 30.5 Å². The number of aromatic nitrogens is 5. The molecule has 5 rings (SSSR count). The molecule has 6 heteroatoms. The summed E-state index contributed by atoms with van der Waals surface area (Å²) >= 11 is 0. The molecular weight excluding hydrogens is 456 g/mol. The van der Waals surface area contributed by atoms with Crippen molar-refractivity contribution in [2.75, 3.05) is 13.1 Å². The first-order chi connectivity index (χ1) is 18.1. The van der Waals surface area contributed by atoms with Crippen LogP contribution in [0, 0.1) is 25.2 Å². The molecule has 1 saturated heterocycles. The molecule has 1 aromatic carbocycles. The zero-order chi connectivity index (χ0) is 25.8. The second-order valence-electron chi connectivity index (χ2n) is 9.73. The minimum atomic E-state index is -0.0622. The Morgan fingerprint density at radius 3 is 2.84 bits per heavy atom. The molecule has 37 heavy (non-hydrogen) atoms. The Bertz CT molecular complexity index is 1490. The molecule has 0 aliphatic carbocycles. The second-order valence-corrected chi connectivity index (χ2v) is 9.73. The van der Waals surface area contributed by atoms with E-state index < -0.39 is 0 Å². The van der Waals surface area contributed by atoms with Gasteiger partial charge < -0.3 is 10.3 Å². The minimum Gasteiger partial charge on any atom is -0.344 e. The van der Waals surface area contributed by atoms with Gasteiger partial charge in [-0.2, -0.15) is 5.10 Å². The van der Waals surface area contributed by atoms with Gasteiger partial charge in [0.25, 0.3) is 0 Å². The van der Waals surface area contributed by atoms with Gasteiger partial charge in [-0.1, -0.05) is 37.1 Å². The van der Waals surface area contributed by atoms with Gasteiger partial charge in [-0.3, -0.25) is 10.1 Å². The number of piperidine rings is 1. The molecule has 1 fully saturated rings. The lowest BCUT2D eigenvalue weighted by atomic mass is 9.93. The van der Waals surface area contributed by atoms with Crippen molar-refractivity contribution in [2.24, 2.45) is 5.92 Å². The van der Waals surface area contributed by atoms with Crippen LogP contribution in [0.1, 0.15) is 56.0 Å². The van der Waals surface area contributed by atoms with Crippen LogP contribution in [-0.2, 0) is 0 Å². The molecule has 3 aromatic heterocycles. The maximum absolute atomic E-state index is 5.81. The number of terminal acetylenes is 1. The fraction of sp³-hybridized carbons (Fsp3) is 0.323. The third-order valence-electron chi connectivity index (χ3n) is 7.36. The number of nitrogens with one attached hydrogen (secondary N) is 3. The van der Waals surface area contributed by atoms with Gasteiger partial charge in [0.2, 0.25) is 0 Å². The van der Waals surface area contributed by atoms with Crippen LogP contribution >= 0.6 is 0 Å². The van der Waals surface area contributed by atoms with Gasteiger partial charge in [-0.05, 0) is 75.5 Å². The Hall–Kier alpha value is -3.95. The van der Waals surface area contributed by atoms with Crippen molar-refractivity contribution in [2.45, 2.75) is 46.0 Å². The predicted molar refractivity (Wildman–Crippen MR) is 152 cm³/mol. The fourth-order valence-electron chi connectivity index (χ4n) is 5.11. The Kier molecular flexibility index (Phi) is 7.34. The number of hydrogen-bond donors (Lipinski definition) is 3. The summed E-state index contributed by atoms with van der Waals surface area (Å²) < 4.78 is 0. The fourth-order valence-corrected chi connectivity index (χ4v) is 5.11. The van der Waals surface area contributed by atoms with Crippen LogP contribution in [0.3, 0.4) is 0 Å². The number of allylic oxidation sites excluding steroid dienone is 4. The van der Waals surface area contributed by atoms with Crippen LogP contribution in [0.2, 0.25) is 0 Å². The SMILES string of the molecule is C#CC(C)/C(=C\C=C/CC)c1nc[nH]c1-c1ccc2ncc(-c3cc(C4CCNCC4)[nH]n3)c(C)c2c1. The van der Waals surface area contributed by atoms with E-state index in [4.69, 9.17) is 11.4 Å². The summed E-state index contributed by atoms with van der Waals surface area (Å²) in [7, 11) is 0. The summed E-state index contributed by atoms with van der Waals surface area (Å²) in [6, 6.07) is 8.56. The van der Waals surface area contributed by atoms with Crippen molar-refractivity contribution < 1.29 is 0 Å². The number of imidazole rings is 1. The topological polar surface area (TPSA) is 82.3 Å². The number of H-pyrrole nitrogens is 2. The van der Waals surface area contributed by atoms with Crippen LogP contribution in [-0.4, -0.2) is 38.2 Å². The van der Waals surface area contributed by atoms with Crippen LogP contribution in [0.25, 0.3) is 39.0 Å². The van der Waals surface area contributed by atoms with E-state index in [2.05, 4.69) is 87.7 Å². The van der Waals surface area contributed by atoms with Crippen molar-refractivity contribution in [3.63, 3.8) is 0 Å². The molecule has 6 nitrogen and oxygen atoms in total. The first-order valence-electron chi connectivity index (χ1n) is 13.1. The number of hydrogen-bond acceptors (Lipinski definition) is 4. The van der Waals surface area contributed by atoms with Gasteiger partial charge >= 0.3 is 0 Å². The van der Waals surface area contributed by atoms with Gasteiger partial charge in [0, 0.05) is 40.2 Å². The Morgan fingerprint density at radius 2 is 2.05 bits per heavy atom. The molecule has 1 aliphatic rings. The molecule has 1 atom stereocenters. The number of aromatic amines is 2. The molecule has 1 aliphatic heterocycles. The lowest BCUT2D eigenvalue weighted by Crippen LogP contribution is -2.26. The molecule has 0 amide bonds. The molecule has 0 spiro atoms. The molecule has 4 aromatic rings. The maximum atomic E-state index is 5.81. The van der Waals surface area contributed by atoms with Crippen LogP contribution < -0.4 is 5.32 Å². The standard InChI is InChI=1S/C31H34N6/c1-5-7-8-9-24(20(3)6-2)31-30(34-19-35-31)23-10-11-27-25(16-23)21(4)26(18-33-27)29-17-28(36-37-29)22-12-14-32-15-13-22/h2,7-11,16-20,22,32H,5,12-15H2,1,3-4H3,(H,34,35)(H,36,37)/b8-7-,24-9+. The molecule has 0 saturated carbocycles. The van der Waals surface area contributed by atoms with E-state index in [1.165, 1.54) is 5.69 Å². The van der Waals surface area contributed by atoms with E-state index >= 15 is 0 Å². The highest BCUT2D eigenvalue weighted by atomic mass is 15.1. The van der Waals surface area contributed by atoms with E-state index in [9.17, 15) is 0 Å². The van der Waals surface area contributed by atoms with Gasteiger partial charge in [0.15, 0.2) is 0 Å². The zero-order valence-corrected chi connectivity index (χ0v) is 21.8. The van der Waals surface area contributed by atoms with Gasteiger partial charge in [0.1, 0.15) is 0 Å². The Labute approximate surface area is 218 Å². The average molecular weight is 491 g/mol. The number of fused-ring (bicyclic) bond motifs is 1. The van der Waals surface area contributed by atoms with E-state index in [0.717, 1.165) is 82.6 Å². The largest absolute Gasteiger partial charge is 0.344 e. The van der Waals surface area contributed by atoms with Crippen molar-refractivity contribution >= 4 is 16.5 Å². The monoisotopic (exact) mass is 490 g/mol. The van der Waals surface area contributed by atoms with Crippen molar-refractivity contribution in [1.29, 1.82) is 0 Å². The van der Waals surface area contributed by atoms with Crippen molar-refractivity contribution in [3.8, 4) is 34.9 Å². The quantitative estimate of drug-likeness (QED) is 0.206. The van der Waals surface area contributed by atoms with Crippen LogP contribution in [0.4, 0.5) is 0 Å².